The number of benzene rings is 2. The first-order valence-electron chi connectivity index (χ1n) is 5.65. The van der Waals surface area contributed by atoms with Crippen molar-refractivity contribution in [3.05, 3.63) is 47.8 Å². The zero-order chi connectivity index (χ0) is 13.1. The molecule has 2 aromatic carbocycles. The lowest BCUT2D eigenvalue weighted by atomic mass is 9.99. The summed E-state index contributed by atoms with van der Waals surface area (Å²) in [6.07, 6.45) is 0. The van der Waals surface area contributed by atoms with Crippen LogP contribution in [0.4, 0.5) is 4.39 Å². The van der Waals surface area contributed by atoms with Gasteiger partial charge < -0.3 is 9.47 Å². The monoisotopic (exact) mass is 246 g/mol. The predicted molar refractivity (Wildman–Crippen MR) is 69.7 cm³/mol. The van der Waals surface area contributed by atoms with Crippen LogP contribution >= 0.6 is 0 Å². The molecule has 0 aliphatic heterocycles. The summed E-state index contributed by atoms with van der Waals surface area (Å²) in [5, 5.41) is 0. The molecule has 18 heavy (non-hydrogen) atoms. The molecule has 0 heterocycles. The van der Waals surface area contributed by atoms with Crippen LogP contribution < -0.4 is 9.47 Å². The molecule has 0 radical (unpaired) electrons. The van der Waals surface area contributed by atoms with E-state index < -0.39 is 0 Å². The maximum Gasteiger partial charge on any atom is 0.168 e. The van der Waals surface area contributed by atoms with Crippen LogP contribution in [0.15, 0.2) is 36.4 Å². The third-order valence-corrected chi connectivity index (χ3v) is 2.95. The standard InChI is InChI=1S/C15H15FO2/c1-10-13(7-8-14(18-3)15(10)16)11-5-4-6-12(9-11)17-2/h4-9H,1-3H3. The number of ether oxygens (including phenoxy) is 2. The van der Waals surface area contributed by atoms with Crippen LogP contribution in [0.5, 0.6) is 11.5 Å². The van der Waals surface area contributed by atoms with Crippen molar-refractivity contribution in [2.75, 3.05) is 14.2 Å². The molecule has 0 saturated carbocycles. The Kier molecular flexibility index (Phi) is 3.51. The van der Waals surface area contributed by atoms with Crippen LogP contribution in [0.25, 0.3) is 11.1 Å². The molecule has 0 unspecified atom stereocenters. The fourth-order valence-electron chi connectivity index (χ4n) is 1.92. The molecular weight excluding hydrogens is 231 g/mol. The number of hydrogen-bond donors (Lipinski definition) is 0. The maximum atomic E-state index is 14.0. The van der Waals surface area contributed by atoms with Crippen molar-refractivity contribution < 1.29 is 13.9 Å². The van der Waals surface area contributed by atoms with Crippen LogP contribution in [0.2, 0.25) is 0 Å². The largest absolute Gasteiger partial charge is 0.497 e. The summed E-state index contributed by atoms with van der Waals surface area (Å²) in [6, 6.07) is 11.0. The van der Waals surface area contributed by atoms with Gasteiger partial charge in [-0.3, -0.25) is 0 Å². The average molecular weight is 246 g/mol. The van der Waals surface area contributed by atoms with Gasteiger partial charge in [0.15, 0.2) is 11.6 Å². The van der Waals surface area contributed by atoms with Crippen molar-refractivity contribution in [3.8, 4) is 22.6 Å². The summed E-state index contributed by atoms with van der Waals surface area (Å²) >= 11 is 0. The van der Waals surface area contributed by atoms with Crippen LogP contribution in [0.3, 0.4) is 0 Å². The van der Waals surface area contributed by atoms with E-state index in [0.717, 1.165) is 16.9 Å². The van der Waals surface area contributed by atoms with E-state index in [2.05, 4.69) is 0 Å². The van der Waals surface area contributed by atoms with Gasteiger partial charge in [-0.1, -0.05) is 18.2 Å². The van der Waals surface area contributed by atoms with Crippen molar-refractivity contribution in [2.24, 2.45) is 0 Å². The smallest absolute Gasteiger partial charge is 0.168 e. The molecule has 2 aromatic rings. The van der Waals surface area contributed by atoms with Gasteiger partial charge in [-0.15, -0.1) is 0 Å². The van der Waals surface area contributed by atoms with Gasteiger partial charge >= 0.3 is 0 Å². The Morgan fingerprint density at radius 2 is 1.78 bits per heavy atom. The molecule has 2 rings (SSSR count). The van der Waals surface area contributed by atoms with Gasteiger partial charge in [0, 0.05) is 0 Å². The molecule has 0 atom stereocenters. The van der Waals surface area contributed by atoms with E-state index in [1.807, 2.05) is 30.3 Å². The van der Waals surface area contributed by atoms with Crippen LogP contribution in [-0.4, -0.2) is 14.2 Å². The van der Waals surface area contributed by atoms with Crippen molar-refractivity contribution in [2.45, 2.75) is 6.92 Å². The molecule has 3 heteroatoms. The van der Waals surface area contributed by atoms with E-state index in [4.69, 9.17) is 9.47 Å². The van der Waals surface area contributed by atoms with E-state index >= 15 is 0 Å². The van der Waals surface area contributed by atoms with Crippen molar-refractivity contribution in [3.63, 3.8) is 0 Å². The Hall–Kier alpha value is -2.03. The highest BCUT2D eigenvalue weighted by Crippen LogP contribution is 2.31. The van der Waals surface area contributed by atoms with Gasteiger partial charge in [-0.05, 0) is 41.8 Å². The predicted octanol–water partition coefficient (Wildman–Crippen LogP) is 3.82. The summed E-state index contributed by atoms with van der Waals surface area (Å²) in [5.74, 6) is 0.695. The Labute approximate surface area is 106 Å². The molecule has 0 amide bonds. The Bertz CT molecular complexity index is 564. The second kappa shape index (κ2) is 5.08. The van der Waals surface area contributed by atoms with Gasteiger partial charge in [-0.25, -0.2) is 4.39 Å². The van der Waals surface area contributed by atoms with Gasteiger partial charge in [-0.2, -0.15) is 0 Å². The number of halogens is 1. The zero-order valence-corrected chi connectivity index (χ0v) is 10.7. The molecule has 0 spiro atoms. The second-order valence-electron chi connectivity index (χ2n) is 3.99. The molecule has 94 valence electrons. The molecule has 0 aliphatic rings. The Morgan fingerprint density at radius 3 is 2.44 bits per heavy atom. The molecule has 0 bridgehead atoms. The van der Waals surface area contributed by atoms with Crippen molar-refractivity contribution in [1.29, 1.82) is 0 Å². The maximum absolute atomic E-state index is 14.0. The van der Waals surface area contributed by atoms with E-state index in [9.17, 15) is 4.39 Å². The molecule has 0 aromatic heterocycles. The molecule has 2 nitrogen and oxygen atoms in total. The van der Waals surface area contributed by atoms with E-state index in [1.54, 1.807) is 20.1 Å². The van der Waals surface area contributed by atoms with Crippen LogP contribution in [0.1, 0.15) is 5.56 Å². The van der Waals surface area contributed by atoms with E-state index in [-0.39, 0.29) is 11.6 Å². The van der Waals surface area contributed by atoms with Gasteiger partial charge in [0.1, 0.15) is 5.75 Å². The molecule has 0 fully saturated rings. The highest BCUT2D eigenvalue weighted by atomic mass is 19.1. The minimum absolute atomic E-state index is 0.263. The summed E-state index contributed by atoms with van der Waals surface area (Å²) in [4.78, 5) is 0. The lowest BCUT2D eigenvalue weighted by Gasteiger charge is -2.11. The first kappa shape index (κ1) is 12.4. The van der Waals surface area contributed by atoms with Crippen LogP contribution in [-0.2, 0) is 0 Å². The molecule has 0 saturated heterocycles. The average Bonchev–Trinajstić information content (AvgIpc) is 2.42. The first-order chi connectivity index (χ1) is 8.67. The molecule has 0 N–H and O–H groups in total. The SMILES string of the molecule is COc1cccc(-c2ccc(OC)c(F)c2C)c1. The van der Waals surface area contributed by atoms with Gasteiger partial charge in [0.25, 0.3) is 0 Å². The molecule has 0 aliphatic carbocycles. The summed E-state index contributed by atoms with van der Waals surface area (Å²) in [6.45, 7) is 1.74. The fraction of sp³-hybridized carbons (Fsp3) is 0.200. The van der Waals surface area contributed by atoms with Crippen LogP contribution in [0, 0.1) is 12.7 Å². The highest BCUT2D eigenvalue weighted by molar-refractivity contribution is 5.69. The third-order valence-electron chi connectivity index (χ3n) is 2.95. The fourth-order valence-corrected chi connectivity index (χ4v) is 1.92. The van der Waals surface area contributed by atoms with Crippen molar-refractivity contribution >= 4 is 0 Å². The second-order valence-corrected chi connectivity index (χ2v) is 3.99. The van der Waals surface area contributed by atoms with Gasteiger partial charge in [0.2, 0.25) is 0 Å². The lowest BCUT2D eigenvalue weighted by Crippen LogP contribution is -1.94. The quantitative estimate of drug-likeness (QED) is 0.819. The Balaban J connectivity index is 2.54. The van der Waals surface area contributed by atoms with Crippen molar-refractivity contribution in [1.82, 2.24) is 0 Å². The number of hydrogen-bond acceptors (Lipinski definition) is 2. The number of methoxy groups -OCH3 is 2. The van der Waals surface area contributed by atoms with E-state index in [1.165, 1.54) is 7.11 Å². The summed E-state index contributed by atoms with van der Waals surface area (Å²) < 4.78 is 24.1. The summed E-state index contributed by atoms with van der Waals surface area (Å²) in [7, 11) is 3.07. The lowest BCUT2D eigenvalue weighted by molar-refractivity contribution is 0.385. The first-order valence-corrected chi connectivity index (χ1v) is 5.65. The third kappa shape index (κ3) is 2.16. The minimum atomic E-state index is -0.321. The molecular formula is C15H15FO2. The van der Waals surface area contributed by atoms with E-state index in [0.29, 0.717) is 5.56 Å². The normalized spacial score (nSPS) is 10.2. The number of rotatable bonds is 3. The Morgan fingerprint density at radius 1 is 1.00 bits per heavy atom. The highest BCUT2D eigenvalue weighted by Gasteiger charge is 2.11. The van der Waals surface area contributed by atoms with Gasteiger partial charge in [0.05, 0.1) is 14.2 Å². The summed E-state index contributed by atoms with van der Waals surface area (Å²) in [5.41, 5.74) is 2.34. The minimum Gasteiger partial charge on any atom is -0.497 e. The zero-order valence-electron chi connectivity index (χ0n) is 10.7. The topological polar surface area (TPSA) is 18.5 Å².